The Morgan fingerprint density at radius 3 is 2.76 bits per heavy atom. The van der Waals surface area contributed by atoms with Crippen molar-refractivity contribution in [2.45, 2.75) is 18.9 Å². The fourth-order valence-electron chi connectivity index (χ4n) is 2.46. The minimum Gasteiger partial charge on any atom is -0.475 e. The number of nitrogens with one attached hydrogen (secondary N) is 1. The molecule has 1 N–H and O–H groups in total. The highest BCUT2D eigenvalue weighted by Crippen LogP contribution is 2.25. The van der Waals surface area contributed by atoms with Crippen molar-refractivity contribution in [2.24, 2.45) is 7.05 Å². The third-order valence-corrected chi connectivity index (χ3v) is 3.48. The molecule has 2 aromatic rings. The van der Waals surface area contributed by atoms with Crippen LogP contribution in [0, 0.1) is 0 Å². The van der Waals surface area contributed by atoms with Crippen LogP contribution in [0.25, 0.3) is 10.9 Å². The highest BCUT2D eigenvalue weighted by atomic mass is 16.5. The quantitative estimate of drug-likeness (QED) is 0.856. The van der Waals surface area contributed by atoms with Crippen LogP contribution in [0.5, 0.6) is 5.88 Å². The van der Waals surface area contributed by atoms with E-state index in [9.17, 15) is 0 Å². The van der Waals surface area contributed by atoms with Crippen molar-refractivity contribution in [2.75, 3.05) is 13.1 Å². The van der Waals surface area contributed by atoms with Gasteiger partial charge in [0.2, 0.25) is 0 Å². The Bertz CT molecular complexity index is 512. The molecule has 0 radical (unpaired) electrons. The fourth-order valence-corrected chi connectivity index (χ4v) is 2.46. The third-order valence-electron chi connectivity index (χ3n) is 3.48. The Labute approximate surface area is 101 Å². The van der Waals surface area contributed by atoms with Gasteiger partial charge in [-0.05, 0) is 32.0 Å². The summed E-state index contributed by atoms with van der Waals surface area (Å²) in [5.74, 6) is 0.984. The minimum atomic E-state index is 0.360. The van der Waals surface area contributed by atoms with Crippen molar-refractivity contribution >= 4 is 10.9 Å². The van der Waals surface area contributed by atoms with Gasteiger partial charge in [-0.1, -0.05) is 18.2 Å². The zero-order valence-electron chi connectivity index (χ0n) is 10.1. The number of ether oxygens (including phenoxy) is 1. The van der Waals surface area contributed by atoms with E-state index in [0.717, 1.165) is 31.8 Å². The summed E-state index contributed by atoms with van der Waals surface area (Å²) in [6.45, 7) is 2.13. The molecule has 3 heteroatoms. The molecule has 0 atom stereocenters. The number of hydrogen-bond donors (Lipinski definition) is 1. The van der Waals surface area contributed by atoms with Crippen molar-refractivity contribution in [3.8, 4) is 5.88 Å². The molecular weight excluding hydrogens is 212 g/mol. The number of aromatic nitrogens is 1. The summed E-state index contributed by atoms with van der Waals surface area (Å²) < 4.78 is 8.23. The summed E-state index contributed by atoms with van der Waals surface area (Å²) in [5.41, 5.74) is 1.23. The molecule has 0 bridgehead atoms. The lowest BCUT2D eigenvalue weighted by Crippen LogP contribution is -2.34. The first-order valence-corrected chi connectivity index (χ1v) is 6.26. The predicted molar refractivity (Wildman–Crippen MR) is 69.4 cm³/mol. The number of para-hydroxylation sites is 1. The standard InChI is InChI=1S/C14H18N2O/c1-16-13-5-3-2-4-11(13)10-14(16)17-12-6-8-15-9-7-12/h2-5,10,12,15H,6-9H2,1H3. The SMILES string of the molecule is Cn1c(OC2CCNCC2)cc2ccccc21. The Kier molecular flexibility index (Phi) is 2.77. The Hall–Kier alpha value is -1.48. The number of rotatable bonds is 2. The number of aryl methyl sites for hydroxylation is 1. The van der Waals surface area contributed by atoms with Crippen LogP contribution in [0.2, 0.25) is 0 Å². The summed E-state index contributed by atoms with van der Waals surface area (Å²) in [7, 11) is 2.07. The second-order valence-electron chi connectivity index (χ2n) is 4.67. The van der Waals surface area contributed by atoms with Crippen LogP contribution in [-0.4, -0.2) is 23.8 Å². The van der Waals surface area contributed by atoms with Gasteiger partial charge in [-0.25, -0.2) is 0 Å². The predicted octanol–water partition coefficient (Wildman–Crippen LogP) is 2.31. The van der Waals surface area contributed by atoms with Crippen molar-refractivity contribution < 1.29 is 4.74 Å². The van der Waals surface area contributed by atoms with E-state index in [1.807, 2.05) is 0 Å². The van der Waals surface area contributed by atoms with Gasteiger partial charge < -0.3 is 14.6 Å². The largest absolute Gasteiger partial charge is 0.475 e. The molecular formula is C14H18N2O. The monoisotopic (exact) mass is 230 g/mol. The van der Waals surface area contributed by atoms with Crippen LogP contribution < -0.4 is 10.1 Å². The Morgan fingerprint density at radius 1 is 1.24 bits per heavy atom. The van der Waals surface area contributed by atoms with E-state index in [1.165, 1.54) is 10.9 Å². The average molecular weight is 230 g/mol. The summed E-state index contributed by atoms with van der Waals surface area (Å²) >= 11 is 0. The van der Waals surface area contributed by atoms with Crippen molar-refractivity contribution in [3.05, 3.63) is 30.3 Å². The first-order valence-electron chi connectivity index (χ1n) is 6.26. The average Bonchev–Trinajstić information content (AvgIpc) is 2.68. The molecule has 1 fully saturated rings. The van der Waals surface area contributed by atoms with Gasteiger partial charge >= 0.3 is 0 Å². The van der Waals surface area contributed by atoms with E-state index >= 15 is 0 Å². The number of piperidine rings is 1. The number of hydrogen-bond acceptors (Lipinski definition) is 2. The number of benzene rings is 1. The van der Waals surface area contributed by atoms with Crippen molar-refractivity contribution in [1.82, 2.24) is 9.88 Å². The van der Waals surface area contributed by atoms with E-state index in [-0.39, 0.29) is 0 Å². The molecule has 17 heavy (non-hydrogen) atoms. The van der Waals surface area contributed by atoms with E-state index < -0.39 is 0 Å². The van der Waals surface area contributed by atoms with Crippen LogP contribution in [0.3, 0.4) is 0 Å². The molecule has 0 amide bonds. The van der Waals surface area contributed by atoms with Gasteiger partial charge in [0.05, 0.1) is 5.52 Å². The number of nitrogens with zero attached hydrogens (tertiary/aromatic N) is 1. The van der Waals surface area contributed by atoms with Gasteiger partial charge in [0.15, 0.2) is 5.88 Å². The van der Waals surface area contributed by atoms with Crippen LogP contribution in [0.1, 0.15) is 12.8 Å². The van der Waals surface area contributed by atoms with E-state index in [2.05, 4.69) is 47.3 Å². The van der Waals surface area contributed by atoms with Gasteiger partial charge in [-0.3, -0.25) is 0 Å². The lowest BCUT2D eigenvalue weighted by molar-refractivity contribution is 0.152. The fraction of sp³-hybridized carbons (Fsp3) is 0.429. The molecule has 0 spiro atoms. The lowest BCUT2D eigenvalue weighted by atomic mass is 10.1. The molecule has 3 nitrogen and oxygen atoms in total. The first-order chi connectivity index (χ1) is 8.34. The van der Waals surface area contributed by atoms with Gasteiger partial charge in [-0.15, -0.1) is 0 Å². The van der Waals surface area contributed by atoms with Gasteiger partial charge in [-0.2, -0.15) is 0 Å². The normalized spacial score (nSPS) is 17.5. The topological polar surface area (TPSA) is 26.2 Å². The first kappa shape index (κ1) is 10.7. The molecule has 0 unspecified atom stereocenters. The molecule has 90 valence electrons. The van der Waals surface area contributed by atoms with E-state index in [4.69, 9.17) is 4.74 Å². The molecule has 3 rings (SSSR count). The molecule has 0 saturated carbocycles. The lowest BCUT2D eigenvalue weighted by Gasteiger charge is -2.23. The van der Waals surface area contributed by atoms with E-state index in [1.54, 1.807) is 0 Å². The maximum atomic E-state index is 6.09. The van der Waals surface area contributed by atoms with Gasteiger partial charge in [0.25, 0.3) is 0 Å². The zero-order chi connectivity index (χ0) is 11.7. The second kappa shape index (κ2) is 4.41. The highest BCUT2D eigenvalue weighted by molar-refractivity contribution is 5.82. The Morgan fingerprint density at radius 2 is 2.00 bits per heavy atom. The minimum absolute atomic E-state index is 0.360. The molecule has 1 aliphatic rings. The zero-order valence-corrected chi connectivity index (χ0v) is 10.1. The Balaban J connectivity index is 1.87. The molecule has 1 aromatic carbocycles. The molecule has 2 heterocycles. The number of fused-ring (bicyclic) bond motifs is 1. The summed E-state index contributed by atoms with van der Waals surface area (Å²) in [4.78, 5) is 0. The third kappa shape index (κ3) is 2.03. The molecule has 1 aromatic heterocycles. The van der Waals surface area contributed by atoms with Crippen LogP contribution in [0.4, 0.5) is 0 Å². The van der Waals surface area contributed by atoms with Crippen molar-refractivity contribution in [1.29, 1.82) is 0 Å². The summed E-state index contributed by atoms with van der Waals surface area (Å²) in [6, 6.07) is 10.5. The summed E-state index contributed by atoms with van der Waals surface area (Å²) in [6.07, 6.45) is 2.56. The van der Waals surface area contributed by atoms with Gasteiger partial charge in [0.1, 0.15) is 6.10 Å². The van der Waals surface area contributed by atoms with Crippen LogP contribution >= 0.6 is 0 Å². The smallest absolute Gasteiger partial charge is 0.194 e. The van der Waals surface area contributed by atoms with E-state index in [0.29, 0.717) is 6.10 Å². The van der Waals surface area contributed by atoms with Crippen LogP contribution in [0.15, 0.2) is 30.3 Å². The second-order valence-corrected chi connectivity index (χ2v) is 4.67. The van der Waals surface area contributed by atoms with Crippen LogP contribution in [-0.2, 0) is 7.05 Å². The highest BCUT2D eigenvalue weighted by Gasteiger charge is 2.16. The maximum absolute atomic E-state index is 6.09. The maximum Gasteiger partial charge on any atom is 0.194 e. The van der Waals surface area contributed by atoms with Gasteiger partial charge in [0, 0.05) is 18.5 Å². The molecule has 1 saturated heterocycles. The van der Waals surface area contributed by atoms with Crippen molar-refractivity contribution in [3.63, 3.8) is 0 Å². The summed E-state index contributed by atoms with van der Waals surface area (Å²) in [5, 5.41) is 4.60. The molecule has 1 aliphatic heterocycles. The molecule has 0 aliphatic carbocycles.